The number of nitrogens with one attached hydrogen (secondary N) is 2. The van der Waals surface area contributed by atoms with Gasteiger partial charge in [-0.3, -0.25) is 0 Å². The van der Waals surface area contributed by atoms with E-state index in [2.05, 4.69) is 71.7 Å². The van der Waals surface area contributed by atoms with Crippen LogP contribution in [0, 0.1) is 5.92 Å². The van der Waals surface area contributed by atoms with E-state index in [4.69, 9.17) is 0 Å². The average molecular weight is 313 g/mol. The first-order chi connectivity index (χ1) is 11.1. The van der Waals surface area contributed by atoms with Gasteiger partial charge in [0, 0.05) is 12.2 Å². The highest BCUT2D eigenvalue weighted by Crippen LogP contribution is 2.25. The SMILES string of the molecule is CCc1cccc(CC)c1Nc1cnnc(NCCC(C)C)n1. The van der Waals surface area contributed by atoms with E-state index >= 15 is 0 Å². The van der Waals surface area contributed by atoms with Crippen molar-refractivity contribution in [3.8, 4) is 0 Å². The van der Waals surface area contributed by atoms with Gasteiger partial charge in [-0.2, -0.15) is 10.1 Å². The normalized spacial score (nSPS) is 10.8. The Morgan fingerprint density at radius 1 is 1.09 bits per heavy atom. The minimum Gasteiger partial charge on any atom is -0.353 e. The van der Waals surface area contributed by atoms with E-state index in [0.29, 0.717) is 11.9 Å². The van der Waals surface area contributed by atoms with Crippen LogP contribution >= 0.6 is 0 Å². The van der Waals surface area contributed by atoms with E-state index in [-0.39, 0.29) is 0 Å². The van der Waals surface area contributed by atoms with Crippen LogP contribution in [0.25, 0.3) is 0 Å². The zero-order chi connectivity index (χ0) is 16.7. The van der Waals surface area contributed by atoms with Crippen molar-refractivity contribution in [3.63, 3.8) is 0 Å². The minimum absolute atomic E-state index is 0.572. The fourth-order valence-electron chi connectivity index (χ4n) is 2.44. The molecule has 124 valence electrons. The zero-order valence-electron chi connectivity index (χ0n) is 14.6. The first kappa shape index (κ1) is 17.2. The Morgan fingerprint density at radius 2 is 1.78 bits per heavy atom. The molecule has 0 saturated carbocycles. The third-order valence-corrected chi connectivity index (χ3v) is 3.82. The number of para-hydroxylation sites is 1. The Bertz CT molecular complexity index is 602. The molecule has 2 N–H and O–H groups in total. The van der Waals surface area contributed by atoms with Crippen LogP contribution in [0.2, 0.25) is 0 Å². The van der Waals surface area contributed by atoms with Gasteiger partial charge in [-0.05, 0) is 36.3 Å². The smallest absolute Gasteiger partial charge is 0.244 e. The maximum Gasteiger partial charge on any atom is 0.244 e. The van der Waals surface area contributed by atoms with Crippen LogP contribution in [0.4, 0.5) is 17.5 Å². The summed E-state index contributed by atoms with van der Waals surface area (Å²) in [4.78, 5) is 4.52. The van der Waals surface area contributed by atoms with E-state index < -0.39 is 0 Å². The van der Waals surface area contributed by atoms with Crippen molar-refractivity contribution in [2.24, 2.45) is 5.92 Å². The van der Waals surface area contributed by atoms with Gasteiger partial charge in [-0.25, -0.2) is 0 Å². The summed E-state index contributed by atoms with van der Waals surface area (Å²) in [5, 5.41) is 14.8. The summed E-state index contributed by atoms with van der Waals surface area (Å²) in [5.74, 6) is 1.95. The van der Waals surface area contributed by atoms with Crippen molar-refractivity contribution < 1.29 is 0 Å². The molecule has 5 heteroatoms. The molecule has 23 heavy (non-hydrogen) atoms. The van der Waals surface area contributed by atoms with E-state index in [0.717, 1.165) is 37.3 Å². The molecule has 0 amide bonds. The Hall–Kier alpha value is -2.17. The highest BCUT2D eigenvalue weighted by atomic mass is 15.3. The van der Waals surface area contributed by atoms with Crippen LogP contribution in [-0.4, -0.2) is 21.7 Å². The summed E-state index contributed by atoms with van der Waals surface area (Å²) in [7, 11) is 0. The number of benzene rings is 1. The molecule has 0 spiro atoms. The lowest BCUT2D eigenvalue weighted by atomic mass is 10.0. The van der Waals surface area contributed by atoms with Gasteiger partial charge in [0.15, 0.2) is 5.82 Å². The summed E-state index contributed by atoms with van der Waals surface area (Å²) in [6.07, 6.45) is 4.71. The van der Waals surface area contributed by atoms with E-state index in [9.17, 15) is 0 Å². The average Bonchev–Trinajstić information content (AvgIpc) is 2.55. The fourth-order valence-corrected chi connectivity index (χ4v) is 2.44. The molecule has 2 rings (SSSR count). The van der Waals surface area contributed by atoms with Gasteiger partial charge >= 0.3 is 0 Å². The van der Waals surface area contributed by atoms with Gasteiger partial charge in [-0.15, -0.1) is 5.10 Å². The molecule has 0 radical (unpaired) electrons. The summed E-state index contributed by atoms with van der Waals surface area (Å²) in [5.41, 5.74) is 3.72. The number of hydrogen-bond donors (Lipinski definition) is 2. The lowest BCUT2D eigenvalue weighted by Gasteiger charge is -2.15. The molecule has 2 aromatic rings. The predicted octanol–water partition coefficient (Wildman–Crippen LogP) is 4.20. The van der Waals surface area contributed by atoms with E-state index in [1.165, 1.54) is 11.1 Å². The van der Waals surface area contributed by atoms with Crippen LogP contribution in [-0.2, 0) is 12.8 Å². The highest BCUT2D eigenvalue weighted by Gasteiger charge is 2.08. The number of aromatic nitrogens is 3. The Morgan fingerprint density at radius 3 is 2.39 bits per heavy atom. The minimum atomic E-state index is 0.572. The molecule has 0 aliphatic heterocycles. The number of hydrogen-bond acceptors (Lipinski definition) is 5. The van der Waals surface area contributed by atoms with Gasteiger partial charge in [0.25, 0.3) is 0 Å². The molecule has 0 atom stereocenters. The van der Waals surface area contributed by atoms with Crippen LogP contribution < -0.4 is 10.6 Å². The molecule has 1 aromatic carbocycles. The first-order valence-corrected chi connectivity index (χ1v) is 8.45. The first-order valence-electron chi connectivity index (χ1n) is 8.45. The van der Waals surface area contributed by atoms with Crippen LogP contribution in [0.3, 0.4) is 0 Å². The molecule has 0 aliphatic rings. The summed E-state index contributed by atoms with van der Waals surface area (Å²) >= 11 is 0. The van der Waals surface area contributed by atoms with Crippen LogP contribution in [0.1, 0.15) is 45.2 Å². The van der Waals surface area contributed by atoms with Crippen LogP contribution in [0.15, 0.2) is 24.4 Å². The van der Waals surface area contributed by atoms with E-state index in [1.807, 2.05) is 0 Å². The predicted molar refractivity (Wildman–Crippen MR) is 96.3 cm³/mol. The van der Waals surface area contributed by atoms with Gasteiger partial charge in [0.2, 0.25) is 5.95 Å². The van der Waals surface area contributed by atoms with Crippen molar-refractivity contribution >= 4 is 17.5 Å². The van der Waals surface area contributed by atoms with E-state index in [1.54, 1.807) is 6.20 Å². The topological polar surface area (TPSA) is 62.7 Å². The maximum absolute atomic E-state index is 4.52. The largest absolute Gasteiger partial charge is 0.353 e. The molecule has 0 bridgehead atoms. The molecule has 0 aliphatic carbocycles. The van der Waals surface area contributed by atoms with Crippen molar-refractivity contribution in [2.45, 2.75) is 47.0 Å². The molecule has 0 fully saturated rings. The lowest BCUT2D eigenvalue weighted by molar-refractivity contribution is 0.605. The monoisotopic (exact) mass is 313 g/mol. The van der Waals surface area contributed by atoms with Crippen molar-refractivity contribution in [3.05, 3.63) is 35.5 Å². The molecular formula is C18H27N5. The number of nitrogens with zero attached hydrogens (tertiary/aromatic N) is 3. The molecule has 1 heterocycles. The number of anilines is 3. The fraction of sp³-hybridized carbons (Fsp3) is 0.500. The zero-order valence-corrected chi connectivity index (χ0v) is 14.6. The van der Waals surface area contributed by atoms with Crippen molar-refractivity contribution in [1.29, 1.82) is 0 Å². The molecule has 1 aromatic heterocycles. The summed E-state index contributed by atoms with van der Waals surface area (Å²) < 4.78 is 0. The summed E-state index contributed by atoms with van der Waals surface area (Å²) in [6, 6.07) is 6.41. The van der Waals surface area contributed by atoms with Crippen molar-refractivity contribution in [2.75, 3.05) is 17.2 Å². The lowest BCUT2D eigenvalue weighted by Crippen LogP contribution is -2.10. The Labute approximate surface area is 139 Å². The van der Waals surface area contributed by atoms with Gasteiger partial charge in [-0.1, -0.05) is 45.9 Å². The Kier molecular flexibility index (Phi) is 6.32. The third-order valence-electron chi connectivity index (χ3n) is 3.82. The second-order valence-corrected chi connectivity index (χ2v) is 6.06. The summed E-state index contributed by atoms with van der Waals surface area (Å²) in [6.45, 7) is 9.59. The third kappa shape index (κ3) is 4.91. The quantitative estimate of drug-likeness (QED) is 0.765. The van der Waals surface area contributed by atoms with Gasteiger partial charge in [0.1, 0.15) is 0 Å². The maximum atomic E-state index is 4.52. The van der Waals surface area contributed by atoms with Crippen molar-refractivity contribution in [1.82, 2.24) is 15.2 Å². The molecule has 0 unspecified atom stereocenters. The second-order valence-electron chi connectivity index (χ2n) is 6.06. The molecule has 0 saturated heterocycles. The number of rotatable bonds is 8. The second kappa shape index (κ2) is 8.46. The van der Waals surface area contributed by atoms with Crippen LogP contribution in [0.5, 0.6) is 0 Å². The Balaban J connectivity index is 2.14. The van der Waals surface area contributed by atoms with Gasteiger partial charge in [0.05, 0.1) is 6.20 Å². The molecule has 5 nitrogen and oxygen atoms in total. The standard InChI is InChI=1S/C18H27N5/c1-5-14-8-7-9-15(6-2)17(14)21-16-12-20-23-18(22-16)19-11-10-13(3)4/h7-9,12-13H,5-6,10-11H2,1-4H3,(H2,19,21,22,23). The van der Waals surface area contributed by atoms with Gasteiger partial charge < -0.3 is 10.6 Å². The number of aryl methyl sites for hydroxylation is 2. The highest BCUT2D eigenvalue weighted by molar-refractivity contribution is 5.65. The molecular weight excluding hydrogens is 286 g/mol.